The summed E-state index contributed by atoms with van der Waals surface area (Å²) in [5.41, 5.74) is 1.22. The Balaban J connectivity index is 2.09. The van der Waals surface area contributed by atoms with Crippen molar-refractivity contribution in [2.75, 3.05) is 18.1 Å². The van der Waals surface area contributed by atoms with E-state index < -0.39 is 17.6 Å². The van der Waals surface area contributed by atoms with Crippen molar-refractivity contribution in [3.05, 3.63) is 69.2 Å². The molecule has 1 aromatic heterocycles. The van der Waals surface area contributed by atoms with Gasteiger partial charge in [0.25, 0.3) is 0 Å². The van der Waals surface area contributed by atoms with Crippen molar-refractivity contribution in [3.63, 3.8) is 0 Å². The lowest BCUT2D eigenvalue weighted by molar-refractivity contribution is -0.141. The number of ketones is 1. The number of nitrogens with zero attached hydrogens (tertiary/aromatic N) is 2. The van der Waals surface area contributed by atoms with E-state index in [1.165, 1.54) is 30.4 Å². The molecule has 0 aliphatic carbocycles. The number of aryl methyl sites for hydroxylation is 2. The number of anilines is 1. The number of halogens is 2. The smallest absolute Gasteiger partial charge is 0.326 e. The first-order chi connectivity index (χ1) is 14.8. The first-order valence-corrected chi connectivity index (χ1v) is 10.8. The lowest BCUT2D eigenvalue weighted by Gasteiger charge is -2.34. The topological polar surface area (TPSA) is 59.5 Å². The van der Waals surface area contributed by atoms with Gasteiger partial charge in [-0.2, -0.15) is 0 Å². The summed E-state index contributed by atoms with van der Waals surface area (Å²) in [4.78, 5) is 32.1. The number of esters is 1. The average molecular weight is 447 g/mol. The highest BCUT2D eigenvalue weighted by atomic mass is 32.1. The van der Waals surface area contributed by atoms with Gasteiger partial charge in [0, 0.05) is 17.2 Å². The highest BCUT2D eigenvalue weighted by Crippen LogP contribution is 2.46. The van der Waals surface area contributed by atoms with Gasteiger partial charge in [-0.1, -0.05) is 18.2 Å². The van der Waals surface area contributed by atoms with Crippen molar-refractivity contribution >= 4 is 28.9 Å². The summed E-state index contributed by atoms with van der Waals surface area (Å²) in [6.07, 6.45) is 2.05. The molecular formula is C23H24F2N2O3S. The van der Waals surface area contributed by atoms with Crippen molar-refractivity contribution in [3.8, 4) is 0 Å². The summed E-state index contributed by atoms with van der Waals surface area (Å²) >= 11 is 1.44. The van der Waals surface area contributed by atoms with E-state index in [-0.39, 0.29) is 43.3 Å². The summed E-state index contributed by atoms with van der Waals surface area (Å²) in [6, 6.07) is 4.01. The van der Waals surface area contributed by atoms with Crippen LogP contribution in [0.4, 0.5) is 14.6 Å². The van der Waals surface area contributed by atoms with Gasteiger partial charge in [0.1, 0.15) is 12.4 Å². The number of thiazole rings is 1. The Morgan fingerprint density at radius 1 is 1.32 bits per heavy atom. The molecule has 0 saturated heterocycles. The molecule has 0 radical (unpaired) electrons. The van der Waals surface area contributed by atoms with Gasteiger partial charge in [0.05, 0.1) is 16.5 Å². The average Bonchev–Trinajstić information content (AvgIpc) is 3.10. The van der Waals surface area contributed by atoms with Crippen LogP contribution in [0.3, 0.4) is 0 Å². The van der Waals surface area contributed by atoms with E-state index >= 15 is 0 Å². The van der Waals surface area contributed by atoms with E-state index in [1.807, 2.05) is 6.92 Å². The maximum absolute atomic E-state index is 14.2. The van der Waals surface area contributed by atoms with E-state index in [4.69, 9.17) is 4.74 Å². The Hall–Kier alpha value is -2.87. The molecule has 2 aromatic rings. The number of rotatable bonds is 8. The molecule has 31 heavy (non-hydrogen) atoms. The molecule has 164 valence electrons. The van der Waals surface area contributed by atoms with Gasteiger partial charge >= 0.3 is 5.97 Å². The van der Waals surface area contributed by atoms with Crippen molar-refractivity contribution in [1.29, 1.82) is 0 Å². The molecule has 8 heteroatoms. The van der Waals surface area contributed by atoms with Crippen LogP contribution in [0.1, 0.15) is 41.6 Å². The van der Waals surface area contributed by atoms with Crippen molar-refractivity contribution in [1.82, 2.24) is 4.98 Å². The first kappa shape index (κ1) is 22.8. The summed E-state index contributed by atoms with van der Waals surface area (Å²) in [6.45, 7) is 8.99. The van der Waals surface area contributed by atoms with Crippen LogP contribution in [0.5, 0.6) is 0 Å². The van der Waals surface area contributed by atoms with Crippen LogP contribution in [-0.4, -0.2) is 29.9 Å². The maximum atomic E-state index is 14.2. The molecule has 0 amide bonds. The molecule has 0 saturated carbocycles. The SMILES string of the molecule is C=CC1C(C(C)=O)=C(CCc2cccc(F)c2F)N(CC(=O)OCC)c2nc(C)sc21. The second-order valence-corrected chi connectivity index (χ2v) is 8.39. The minimum absolute atomic E-state index is 0.133. The van der Waals surface area contributed by atoms with Crippen LogP contribution < -0.4 is 4.90 Å². The highest BCUT2D eigenvalue weighted by molar-refractivity contribution is 7.12. The van der Waals surface area contributed by atoms with Crippen LogP contribution in [0.2, 0.25) is 0 Å². The van der Waals surface area contributed by atoms with Crippen molar-refractivity contribution < 1.29 is 23.1 Å². The van der Waals surface area contributed by atoms with Crippen LogP contribution in [-0.2, 0) is 20.7 Å². The number of allylic oxidation sites excluding steroid dienone is 3. The van der Waals surface area contributed by atoms with Gasteiger partial charge in [0.15, 0.2) is 17.4 Å². The van der Waals surface area contributed by atoms with Crippen LogP contribution in [0.25, 0.3) is 0 Å². The Bertz CT molecular complexity index is 1060. The third-order valence-corrected chi connectivity index (χ3v) is 6.14. The van der Waals surface area contributed by atoms with Crippen LogP contribution in [0.15, 0.2) is 42.1 Å². The number of aromatic nitrogens is 1. The Morgan fingerprint density at radius 3 is 2.71 bits per heavy atom. The number of benzene rings is 1. The predicted molar refractivity (Wildman–Crippen MR) is 116 cm³/mol. The van der Waals surface area contributed by atoms with E-state index in [1.54, 1.807) is 17.9 Å². The van der Waals surface area contributed by atoms with E-state index in [2.05, 4.69) is 11.6 Å². The number of fused-ring (bicyclic) bond motifs is 1. The van der Waals surface area contributed by atoms with E-state index in [0.717, 1.165) is 16.0 Å². The minimum atomic E-state index is -0.924. The molecule has 1 aliphatic heterocycles. The third kappa shape index (κ3) is 4.58. The molecule has 1 aliphatic rings. The van der Waals surface area contributed by atoms with Crippen molar-refractivity contribution in [2.45, 2.75) is 39.5 Å². The zero-order valence-electron chi connectivity index (χ0n) is 17.7. The second kappa shape index (κ2) is 9.51. The van der Waals surface area contributed by atoms with Gasteiger partial charge in [-0.15, -0.1) is 17.9 Å². The van der Waals surface area contributed by atoms with Gasteiger partial charge in [-0.3, -0.25) is 9.59 Å². The summed E-state index contributed by atoms with van der Waals surface area (Å²) < 4.78 is 33.0. The molecule has 0 fully saturated rings. The fourth-order valence-corrected chi connectivity index (χ4v) is 4.87. The fourth-order valence-electron chi connectivity index (χ4n) is 3.83. The molecule has 1 atom stereocenters. The number of ether oxygens (including phenoxy) is 1. The summed E-state index contributed by atoms with van der Waals surface area (Å²) in [5.74, 6) is -2.29. The molecule has 5 nitrogen and oxygen atoms in total. The Morgan fingerprint density at radius 2 is 2.06 bits per heavy atom. The third-order valence-electron chi connectivity index (χ3n) is 5.10. The first-order valence-electron chi connectivity index (χ1n) is 9.98. The predicted octanol–water partition coefficient (Wildman–Crippen LogP) is 4.86. The van der Waals surface area contributed by atoms with Gasteiger partial charge in [-0.05, 0) is 45.2 Å². The Kier molecular flexibility index (Phi) is 7.00. The number of carbonyl (C=O) groups is 2. The number of hydrogen-bond acceptors (Lipinski definition) is 6. The van der Waals surface area contributed by atoms with Gasteiger partial charge in [0.2, 0.25) is 0 Å². The Labute approximate surface area is 184 Å². The summed E-state index contributed by atoms with van der Waals surface area (Å²) in [5, 5.41) is 0.783. The van der Waals surface area contributed by atoms with E-state index in [0.29, 0.717) is 17.1 Å². The lowest BCUT2D eigenvalue weighted by atomic mass is 9.87. The molecular weight excluding hydrogens is 422 g/mol. The zero-order chi connectivity index (χ0) is 22.7. The number of hydrogen-bond donors (Lipinski definition) is 0. The van der Waals surface area contributed by atoms with Crippen LogP contribution in [0, 0.1) is 18.6 Å². The zero-order valence-corrected chi connectivity index (χ0v) is 18.5. The normalized spacial score (nSPS) is 15.6. The van der Waals surface area contributed by atoms with Crippen LogP contribution >= 0.6 is 11.3 Å². The molecule has 0 bridgehead atoms. The number of carbonyl (C=O) groups excluding carboxylic acids is 2. The molecule has 1 aromatic carbocycles. The monoisotopic (exact) mass is 446 g/mol. The van der Waals surface area contributed by atoms with E-state index in [9.17, 15) is 18.4 Å². The molecule has 0 spiro atoms. The van der Waals surface area contributed by atoms with Gasteiger partial charge < -0.3 is 9.64 Å². The maximum Gasteiger partial charge on any atom is 0.326 e. The molecule has 0 N–H and O–H groups in total. The standard InChI is InChI=1S/C23H24F2N2O3S/c1-5-16-20(13(3)28)18(11-10-15-8-7-9-17(24)21(15)25)27(12-19(29)30-6-2)23-22(16)31-14(4)26-23/h5,7-9,16H,1,6,10-12H2,2-4H3. The molecule has 1 unspecified atom stereocenters. The minimum Gasteiger partial charge on any atom is -0.465 e. The summed E-state index contributed by atoms with van der Waals surface area (Å²) in [7, 11) is 0. The largest absolute Gasteiger partial charge is 0.465 e. The van der Waals surface area contributed by atoms with Gasteiger partial charge in [-0.25, -0.2) is 13.8 Å². The molecule has 3 rings (SSSR count). The lowest BCUT2D eigenvalue weighted by Crippen LogP contribution is -2.36. The highest BCUT2D eigenvalue weighted by Gasteiger charge is 2.37. The fraction of sp³-hybridized carbons (Fsp3) is 0.348. The quantitative estimate of drug-likeness (QED) is 0.428. The molecule has 2 heterocycles. The second-order valence-electron chi connectivity index (χ2n) is 7.15. The van der Waals surface area contributed by atoms with Crippen molar-refractivity contribution in [2.24, 2.45) is 0 Å². The number of Topliss-reactive ketones (excluding diaryl/α,β-unsaturated/α-hetero) is 1.